The average Bonchev–Trinajstić information content (AvgIpc) is 2.90. The van der Waals surface area contributed by atoms with Crippen LogP contribution < -0.4 is 10.1 Å². The van der Waals surface area contributed by atoms with Crippen LogP contribution in [0, 0.1) is 0 Å². The second kappa shape index (κ2) is 5.59. The van der Waals surface area contributed by atoms with Crippen molar-refractivity contribution >= 4 is 5.95 Å². The van der Waals surface area contributed by atoms with Crippen molar-refractivity contribution in [3.05, 3.63) is 11.6 Å². The van der Waals surface area contributed by atoms with E-state index in [4.69, 9.17) is 4.74 Å². The number of hydrogen-bond donors (Lipinski definition) is 1. The van der Waals surface area contributed by atoms with Gasteiger partial charge in [-0.1, -0.05) is 13.8 Å². The fraction of sp³-hybridized carbons (Fsp3) is 0.545. The molecule has 2 rings (SSSR count). The van der Waals surface area contributed by atoms with E-state index in [-0.39, 0.29) is 6.01 Å². The number of aromatic nitrogens is 6. The molecule has 0 amide bonds. The molecule has 0 aromatic carbocycles. The van der Waals surface area contributed by atoms with E-state index in [2.05, 4.69) is 30.4 Å². The van der Waals surface area contributed by atoms with Gasteiger partial charge >= 0.3 is 6.01 Å². The van der Waals surface area contributed by atoms with Crippen molar-refractivity contribution < 1.29 is 4.74 Å². The Morgan fingerprint density at radius 3 is 2.47 bits per heavy atom. The molecule has 8 nitrogen and oxygen atoms in total. The van der Waals surface area contributed by atoms with Gasteiger partial charge in [-0.25, -0.2) is 4.98 Å². The fourth-order valence-electron chi connectivity index (χ4n) is 1.57. The number of hydrogen-bond acceptors (Lipinski definition) is 7. The highest BCUT2D eigenvalue weighted by molar-refractivity contribution is 5.29. The van der Waals surface area contributed by atoms with Crippen molar-refractivity contribution in [1.82, 2.24) is 29.7 Å². The van der Waals surface area contributed by atoms with Gasteiger partial charge in [-0.3, -0.25) is 0 Å². The highest BCUT2D eigenvalue weighted by atomic mass is 16.5. The molecule has 0 aliphatic carbocycles. The van der Waals surface area contributed by atoms with E-state index in [1.54, 1.807) is 11.7 Å². The van der Waals surface area contributed by atoms with Gasteiger partial charge in [0.05, 0.1) is 7.11 Å². The molecule has 0 bridgehead atoms. The SMILES string of the molecule is CCc1nc(CC)n(-c2nc(NC)nc(OC)n2)n1. The monoisotopic (exact) mass is 263 g/mol. The van der Waals surface area contributed by atoms with Gasteiger partial charge in [0.1, 0.15) is 5.82 Å². The van der Waals surface area contributed by atoms with E-state index in [1.165, 1.54) is 7.11 Å². The topological polar surface area (TPSA) is 90.6 Å². The minimum absolute atomic E-state index is 0.241. The van der Waals surface area contributed by atoms with Gasteiger partial charge in [-0.15, -0.1) is 5.10 Å². The summed E-state index contributed by atoms with van der Waals surface area (Å²) in [4.78, 5) is 17.0. The van der Waals surface area contributed by atoms with E-state index >= 15 is 0 Å². The molecule has 19 heavy (non-hydrogen) atoms. The van der Waals surface area contributed by atoms with Crippen LogP contribution in [0.15, 0.2) is 0 Å². The highest BCUT2D eigenvalue weighted by Crippen LogP contribution is 2.12. The Kier molecular flexibility index (Phi) is 3.88. The first-order valence-corrected chi connectivity index (χ1v) is 6.14. The van der Waals surface area contributed by atoms with E-state index in [9.17, 15) is 0 Å². The van der Waals surface area contributed by atoms with E-state index in [0.29, 0.717) is 11.9 Å². The van der Waals surface area contributed by atoms with E-state index < -0.39 is 0 Å². The Balaban J connectivity index is 2.53. The zero-order valence-corrected chi connectivity index (χ0v) is 11.5. The van der Waals surface area contributed by atoms with Crippen LogP contribution in [0.2, 0.25) is 0 Å². The molecule has 2 heterocycles. The Hall–Kier alpha value is -2.25. The molecular formula is C11H17N7O. The lowest BCUT2D eigenvalue weighted by Crippen LogP contribution is -2.11. The van der Waals surface area contributed by atoms with Gasteiger partial charge in [0, 0.05) is 19.9 Å². The van der Waals surface area contributed by atoms with Crippen LogP contribution >= 0.6 is 0 Å². The van der Waals surface area contributed by atoms with Crippen molar-refractivity contribution in [2.45, 2.75) is 26.7 Å². The molecular weight excluding hydrogens is 246 g/mol. The zero-order valence-electron chi connectivity index (χ0n) is 11.5. The number of methoxy groups -OCH3 is 1. The number of rotatable bonds is 5. The predicted octanol–water partition coefficient (Wildman–Crippen LogP) is 0.627. The Morgan fingerprint density at radius 2 is 1.89 bits per heavy atom. The minimum Gasteiger partial charge on any atom is -0.467 e. The summed E-state index contributed by atoms with van der Waals surface area (Å²) in [7, 11) is 3.25. The summed E-state index contributed by atoms with van der Waals surface area (Å²) in [5.74, 6) is 2.41. The maximum atomic E-state index is 5.06. The molecule has 0 saturated heterocycles. The number of aryl methyl sites for hydroxylation is 2. The van der Waals surface area contributed by atoms with Crippen molar-refractivity contribution in [1.29, 1.82) is 0 Å². The summed E-state index contributed by atoms with van der Waals surface area (Å²) in [6.07, 6.45) is 1.51. The van der Waals surface area contributed by atoms with Crippen LogP contribution in [0.4, 0.5) is 5.95 Å². The van der Waals surface area contributed by atoms with Crippen LogP contribution in [0.3, 0.4) is 0 Å². The average molecular weight is 263 g/mol. The minimum atomic E-state index is 0.241. The Labute approximate surface area is 111 Å². The highest BCUT2D eigenvalue weighted by Gasteiger charge is 2.14. The van der Waals surface area contributed by atoms with Crippen molar-refractivity contribution in [3.8, 4) is 12.0 Å². The molecule has 8 heteroatoms. The maximum absolute atomic E-state index is 5.06. The summed E-state index contributed by atoms with van der Waals surface area (Å²) in [6.45, 7) is 4.02. The summed E-state index contributed by atoms with van der Waals surface area (Å²) < 4.78 is 6.69. The smallest absolute Gasteiger partial charge is 0.322 e. The molecule has 0 aliphatic rings. The molecule has 102 valence electrons. The molecule has 0 unspecified atom stereocenters. The van der Waals surface area contributed by atoms with Crippen LogP contribution in [0.5, 0.6) is 6.01 Å². The van der Waals surface area contributed by atoms with Crippen molar-refractivity contribution in [2.24, 2.45) is 0 Å². The lowest BCUT2D eigenvalue weighted by atomic mass is 10.4. The lowest BCUT2D eigenvalue weighted by Gasteiger charge is -2.06. The first kappa shape index (κ1) is 13.2. The third kappa shape index (κ3) is 2.61. The van der Waals surface area contributed by atoms with Crippen LogP contribution in [-0.4, -0.2) is 43.9 Å². The quantitative estimate of drug-likeness (QED) is 0.845. The summed E-state index contributed by atoms with van der Waals surface area (Å²) in [5, 5.41) is 7.26. The predicted molar refractivity (Wildman–Crippen MR) is 69.6 cm³/mol. The van der Waals surface area contributed by atoms with Gasteiger partial charge in [0.2, 0.25) is 5.95 Å². The molecule has 2 aromatic heterocycles. The third-order valence-electron chi connectivity index (χ3n) is 2.55. The van der Waals surface area contributed by atoms with Gasteiger partial charge in [-0.2, -0.15) is 19.6 Å². The normalized spacial score (nSPS) is 10.5. The summed E-state index contributed by atoms with van der Waals surface area (Å²) >= 11 is 0. The number of ether oxygens (including phenoxy) is 1. The Morgan fingerprint density at radius 1 is 1.11 bits per heavy atom. The first-order valence-electron chi connectivity index (χ1n) is 6.14. The molecule has 0 aliphatic heterocycles. The van der Waals surface area contributed by atoms with Crippen molar-refractivity contribution in [3.63, 3.8) is 0 Å². The molecule has 0 spiro atoms. The molecule has 0 atom stereocenters. The van der Waals surface area contributed by atoms with Crippen LogP contribution in [0.25, 0.3) is 5.95 Å². The Bertz CT molecular complexity index is 544. The number of nitrogens with one attached hydrogen (secondary N) is 1. The molecule has 2 aromatic rings. The standard InChI is InChI=1S/C11H17N7O/c1-5-7-13-8(6-2)18(17-7)10-14-9(12-3)15-11(16-10)19-4/h5-6H2,1-4H3,(H,12,14,15,16). The second-order valence-corrected chi connectivity index (χ2v) is 3.76. The van der Waals surface area contributed by atoms with Gasteiger partial charge in [0.15, 0.2) is 5.82 Å². The van der Waals surface area contributed by atoms with Gasteiger partial charge < -0.3 is 10.1 Å². The molecule has 0 saturated carbocycles. The molecule has 0 fully saturated rings. The van der Waals surface area contributed by atoms with Gasteiger partial charge in [0.25, 0.3) is 5.95 Å². The van der Waals surface area contributed by atoms with Gasteiger partial charge in [-0.05, 0) is 0 Å². The summed E-state index contributed by atoms with van der Waals surface area (Å²) in [6, 6.07) is 0.241. The van der Waals surface area contributed by atoms with Crippen molar-refractivity contribution in [2.75, 3.05) is 19.5 Å². The first-order chi connectivity index (χ1) is 9.21. The number of nitrogens with zero attached hydrogens (tertiary/aromatic N) is 6. The number of anilines is 1. The summed E-state index contributed by atoms with van der Waals surface area (Å²) in [5.41, 5.74) is 0. The lowest BCUT2D eigenvalue weighted by molar-refractivity contribution is 0.377. The van der Waals surface area contributed by atoms with E-state index in [0.717, 1.165) is 24.5 Å². The third-order valence-corrected chi connectivity index (χ3v) is 2.55. The van der Waals surface area contributed by atoms with Crippen LogP contribution in [-0.2, 0) is 12.8 Å². The van der Waals surface area contributed by atoms with Crippen LogP contribution in [0.1, 0.15) is 25.5 Å². The second-order valence-electron chi connectivity index (χ2n) is 3.76. The molecule has 1 N–H and O–H groups in total. The zero-order chi connectivity index (χ0) is 13.8. The van der Waals surface area contributed by atoms with E-state index in [1.807, 2.05) is 13.8 Å². The largest absolute Gasteiger partial charge is 0.467 e. The fourth-order valence-corrected chi connectivity index (χ4v) is 1.57. The maximum Gasteiger partial charge on any atom is 0.322 e. The molecule has 0 radical (unpaired) electrons.